The molecule has 0 fully saturated rings. The maximum Gasteiger partial charge on any atom is 0.232 e. The second kappa shape index (κ2) is 10.9. The summed E-state index contributed by atoms with van der Waals surface area (Å²) in [5, 5.41) is 0.995. The molecule has 0 saturated carbocycles. The van der Waals surface area contributed by atoms with E-state index in [0.29, 0.717) is 38.0 Å². The van der Waals surface area contributed by atoms with Crippen molar-refractivity contribution in [3.63, 3.8) is 0 Å². The van der Waals surface area contributed by atoms with Gasteiger partial charge in [0.15, 0.2) is 0 Å². The lowest BCUT2D eigenvalue weighted by Gasteiger charge is -2.28. The van der Waals surface area contributed by atoms with Gasteiger partial charge in [0.05, 0.1) is 6.26 Å². The molecule has 2 heterocycles. The van der Waals surface area contributed by atoms with Crippen molar-refractivity contribution in [2.45, 2.75) is 47.2 Å². The molecule has 2 amide bonds. The Balaban J connectivity index is 1.77. The average molecular weight is 436 g/mol. The van der Waals surface area contributed by atoms with Crippen molar-refractivity contribution < 1.29 is 14.0 Å². The Morgan fingerprint density at radius 3 is 2.12 bits per heavy atom. The molecule has 3 aromatic rings. The molecule has 6 nitrogen and oxygen atoms in total. The van der Waals surface area contributed by atoms with Gasteiger partial charge in [0.1, 0.15) is 12.0 Å². The number of benzene rings is 1. The first-order valence-corrected chi connectivity index (χ1v) is 11.2. The predicted octanol–water partition coefficient (Wildman–Crippen LogP) is 4.89. The zero-order valence-electron chi connectivity index (χ0n) is 19.5. The number of nitrogens with zero attached hydrogens (tertiary/aromatic N) is 3. The average Bonchev–Trinajstić information content (AvgIpc) is 3.20. The van der Waals surface area contributed by atoms with Gasteiger partial charge in [-0.1, -0.05) is 33.8 Å². The molecule has 0 aliphatic rings. The zero-order chi connectivity index (χ0) is 23.1. The molecule has 0 unspecified atom stereocenters. The van der Waals surface area contributed by atoms with Gasteiger partial charge in [0.25, 0.3) is 0 Å². The van der Waals surface area contributed by atoms with E-state index in [0.717, 1.165) is 22.1 Å². The predicted molar refractivity (Wildman–Crippen MR) is 126 cm³/mol. The maximum atomic E-state index is 13.3. The summed E-state index contributed by atoms with van der Waals surface area (Å²) < 4.78 is 5.43. The molecule has 0 radical (unpaired) electrons. The number of pyridine rings is 1. The Hall–Kier alpha value is -3.15. The molecule has 3 rings (SSSR count). The van der Waals surface area contributed by atoms with Crippen LogP contribution in [0.3, 0.4) is 0 Å². The summed E-state index contributed by atoms with van der Waals surface area (Å²) in [5.41, 5.74) is 2.79. The molecule has 0 N–H and O–H groups in total. The standard InChI is InChI=1S/C26H33N3O3/c1-19(2)15-28(16-20(3)4)25(30)14-26(31)29(17-21-7-10-27-11-8-21)18-22-5-6-24-23(13-22)9-12-32-24/h5-13,19-20H,14-18H2,1-4H3. The molecule has 32 heavy (non-hydrogen) atoms. The highest BCUT2D eigenvalue weighted by Gasteiger charge is 2.23. The number of hydrogen-bond donors (Lipinski definition) is 0. The number of carbonyl (C=O) groups is 2. The summed E-state index contributed by atoms with van der Waals surface area (Å²) in [6.45, 7) is 10.5. The minimum atomic E-state index is -0.170. The largest absolute Gasteiger partial charge is 0.464 e. The van der Waals surface area contributed by atoms with Crippen molar-refractivity contribution >= 4 is 22.8 Å². The SMILES string of the molecule is CC(C)CN(CC(C)C)C(=O)CC(=O)N(Cc1ccncc1)Cc1ccc2occc2c1. The van der Waals surface area contributed by atoms with Crippen LogP contribution >= 0.6 is 0 Å². The molecule has 1 aromatic carbocycles. The lowest BCUT2D eigenvalue weighted by molar-refractivity contribution is -0.142. The zero-order valence-corrected chi connectivity index (χ0v) is 19.5. The lowest BCUT2D eigenvalue weighted by Crippen LogP contribution is -2.40. The van der Waals surface area contributed by atoms with Crippen molar-refractivity contribution in [3.8, 4) is 0 Å². The fraction of sp³-hybridized carbons (Fsp3) is 0.423. The Labute approximate surface area is 190 Å². The van der Waals surface area contributed by atoms with E-state index in [-0.39, 0.29) is 18.2 Å². The molecule has 0 aliphatic carbocycles. The molecule has 0 bridgehead atoms. The van der Waals surface area contributed by atoms with Gasteiger partial charge in [-0.05, 0) is 53.3 Å². The van der Waals surface area contributed by atoms with Crippen LogP contribution in [0.25, 0.3) is 11.0 Å². The number of furan rings is 1. The highest BCUT2D eigenvalue weighted by molar-refractivity contribution is 5.97. The summed E-state index contributed by atoms with van der Waals surface area (Å²) in [6.07, 6.45) is 4.96. The van der Waals surface area contributed by atoms with Crippen LogP contribution in [0.1, 0.15) is 45.2 Å². The van der Waals surface area contributed by atoms with Crippen molar-refractivity contribution in [2.24, 2.45) is 11.8 Å². The van der Waals surface area contributed by atoms with E-state index in [1.54, 1.807) is 23.6 Å². The highest BCUT2D eigenvalue weighted by Crippen LogP contribution is 2.19. The van der Waals surface area contributed by atoms with Crippen LogP contribution in [-0.4, -0.2) is 39.7 Å². The van der Waals surface area contributed by atoms with E-state index in [2.05, 4.69) is 32.7 Å². The fourth-order valence-electron chi connectivity index (χ4n) is 3.79. The molecule has 0 atom stereocenters. The first kappa shape index (κ1) is 23.5. The smallest absolute Gasteiger partial charge is 0.232 e. The topological polar surface area (TPSA) is 66.7 Å². The second-order valence-electron chi connectivity index (χ2n) is 9.16. The van der Waals surface area contributed by atoms with Crippen LogP contribution in [0.15, 0.2) is 59.5 Å². The van der Waals surface area contributed by atoms with Crippen LogP contribution in [0.2, 0.25) is 0 Å². The van der Waals surface area contributed by atoms with E-state index >= 15 is 0 Å². The third-order valence-electron chi connectivity index (χ3n) is 5.19. The maximum absolute atomic E-state index is 13.3. The Morgan fingerprint density at radius 2 is 1.47 bits per heavy atom. The number of fused-ring (bicyclic) bond motifs is 1. The lowest BCUT2D eigenvalue weighted by atomic mass is 10.1. The Morgan fingerprint density at radius 1 is 0.844 bits per heavy atom. The van der Waals surface area contributed by atoms with Gasteiger partial charge < -0.3 is 14.2 Å². The summed E-state index contributed by atoms with van der Waals surface area (Å²) in [7, 11) is 0. The van der Waals surface area contributed by atoms with Crippen LogP contribution in [-0.2, 0) is 22.7 Å². The van der Waals surface area contributed by atoms with Crippen molar-refractivity contribution in [1.29, 1.82) is 0 Å². The second-order valence-corrected chi connectivity index (χ2v) is 9.16. The van der Waals surface area contributed by atoms with E-state index in [4.69, 9.17) is 4.42 Å². The third-order valence-corrected chi connectivity index (χ3v) is 5.19. The monoisotopic (exact) mass is 435 g/mol. The van der Waals surface area contributed by atoms with Gasteiger partial charge in [-0.3, -0.25) is 14.6 Å². The molecule has 0 aliphatic heterocycles. The number of amides is 2. The summed E-state index contributed by atoms with van der Waals surface area (Å²) >= 11 is 0. The summed E-state index contributed by atoms with van der Waals surface area (Å²) in [4.78, 5) is 34.0. The van der Waals surface area contributed by atoms with Gasteiger partial charge in [-0.25, -0.2) is 0 Å². The highest BCUT2D eigenvalue weighted by atomic mass is 16.3. The number of rotatable bonds is 10. The van der Waals surface area contributed by atoms with E-state index < -0.39 is 0 Å². The molecule has 6 heteroatoms. The van der Waals surface area contributed by atoms with Gasteiger partial charge in [-0.15, -0.1) is 0 Å². The quantitative estimate of drug-likeness (QED) is 0.425. The number of hydrogen-bond acceptors (Lipinski definition) is 4. The van der Waals surface area contributed by atoms with Crippen molar-refractivity contribution in [3.05, 3.63) is 66.2 Å². The van der Waals surface area contributed by atoms with Gasteiger partial charge in [0.2, 0.25) is 11.8 Å². The van der Waals surface area contributed by atoms with Gasteiger partial charge in [0, 0.05) is 44.0 Å². The number of aromatic nitrogens is 1. The van der Waals surface area contributed by atoms with Crippen molar-refractivity contribution in [2.75, 3.05) is 13.1 Å². The van der Waals surface area contributed by atoms with Crippen LogP contribution in [0.5, 0.6) is 0 Å². The van der Waals surface area contributed by atoms with Crippen LogP contribution in [0, 0.1) is 11.8 Å². The molecule has 2 aromatic heterocycles. The minimum Gasteiger partial charge on any atom is -0.464 e. The number of carbonyl (C=O) groups excluding carboxylic acids is 2. The Bertz CT molecular complexity index is 1020. The molecule has 0 saturated heterocycles. The molecular formula is C26H33N3O3. The minimum absolute atomic E-state index is 0.109. The molecular weight excluding hydrogens is 402 g/mol. The Kier molecular flexibility index (Phi) is 8.03. The van der Waals surface area contributed by atoms with Crippen LogP contribution in [0.4, 0.5) is 0 Å². The fourth-order valence-corrected chi connectivity index (χ4v) is 3.79. The first-order valence-electron chi connectivity index (χ1n) is 11.2. The van der Waals surface area contributed by atoms with E-state index in [1.165, 1.54) is 0 Å². The van der Waals surface area contributed by atoms with E-state index in [9.17, 15) is 9.59 Å². The van der Waals surface area contributed by atoms with E-state index in [1.807, 2.05) is 41.3 Å². The first-order chi connectivity index (χ1) is 15.3. The van der Waals surface area contributed by atoms with Gasteiger partial charge >= 0.3 is 0 Å². The third kappa shape index (κ3) is 6.67. The summed E-state index contributed by atoms with van der Waals surface area (Å²) in [6, 6.07) is 11.6. The molecule has 170 valence electrons. The normalized spacial score (nSPS) is 11.3. The molecule has 0 spiro atoms. The summed E-state index contributed by atoms with van der Waals surface area (Å²) in [5.74, 6) is 0.420. The van der Waals surface area contributed by atoms with Crippen molar-refractivity contribution in [1.82, 2.24) is 14.8 Å². The van der Waals surface area contributed by atoms with Gasteiger partial charge in [-0.2, -0.15) is 0 Å². The van der Waals surface area contributed by atoms with Crippen LogP contribution < -0.4 is 0 Å².